The number of nitrogens with one attached hydrogen (secondary N) is 1. The summed E-state index contributed by atoms with van der Waals surface area (Å²) in [6.07, 6.45) is 1.62. The number of para-hydroxylation sites is 1. The average molecular weight is 396 g/mol. The monoisotopic (exact) mass is 395 g/mol. The highest BCUT2D eigenvalue weighted by Crippen LogP contribution is 2.25. The number of carbonyl (C=O) groups is 1. The van der Waals surface area contributed by atoms with E-state index in [0.29, 0.717) is 21.9 Å². The lowest BCUT2D eigenvalue weighted by Gasteiger charge is -2.07. The summed E-state index contributed by atoms with van der Waals surface area (Å²) in [4.78, 5) is 25.5. The fraction of sp³-hybridized carbons (Fsp3) is 0.143. The van der Waals surface area contributed by atoms with Crippen molar-refractivity contribution in [2.75, 3.05) is 5.32 Å². The van der Waals surface area contributed by atoms with Crippen molar-refractivity contribution in [3.8, 4) is 5.69 Å². The van der Waals surface area contributed by atoms with Gasteiger partial charge in [-0.25, -0.2) is 4.68 Å². The minimum absolute atomic E-state index is 0.0758. The third kappa shape index (κ3) is 3.12. The summed E-state index contributed by atoms with van der Waals surface area (Å²) >= 11 is 6.04. The third-order valence-electron chi connectivity index (χ3n) is 4.79. The molecule has 4 aromatic rings. The number of nitrogens with zero attached hydrogens (tertiary/aromatic N) is 2. The lowest BCUT2D eigenvalue weighted by molar-refractivity contribution is -0.115. The highest BCUT2D eigenvalue weighted by molar-refractivity contribution is 6.31. The van der Waals surface area contributed by atoms with Crippen molar-refractivity contribution >= 4 is 34.2 Å². The second kappa shape index (κ2) is 7.05. The molecule has 0 aliphatic rings. The Hall–Kier alpha value is -3.25. The Morgan fingerprint density at radius 3 is 2.68 bits per heavy atom. The van der Waals surface area contributed by atoms with Crippen LogP contribution in [0.3, 0.4) is 0 Å². The van der Waals surface area contributed by atoms with Gasteiger partial charge < -0.3 is 9.73 Å². The zero-order chi connectivity index (χ0) is 19.8. The summed E-state index contributed by atoms with van der Waals surface area (Å²) in [6, 6.07) is 14.5. The first-order valence-corrected chi connectivity index (χ1v) is 9.13. The molecule has 0 bridgehead atoms. The molecule has 0 saturated heterocycles. The van der Waals surface area contributed by atoms with E-state index < -0.39 is 0 Å². The standard InChI is InChI=1S/C21H18ClN3O3/c1-13-20(21(27)25(24(13)2)16-6-4-3-5-7-16)23-19(26)10-14-12-28-18-9-8-15(22)11-17(14)18/h3-9,11-12H,10H2,1-2H3,(H,23,26). The topological polar surface area (TPSA) is 69.2 Å². The fourth-order valence-electron chi connectivity index (χ4n) is 3.26. The van der Waals surface area contributed by atoms with Gasteiger partial charge in [0.25, 0.3) is 5.56 Å². The van der Waals surface area contributed by atoms with E-state index in [1.165, 1.54) is 4.68 Å². The third-order valence-corrected chi connectivity index (χ3v) is 5.02. The molecule has 2 aromatic heterocycles. The van der Waals surface area contributed by atoms with Crippen LogP contribution in [0.15, 0.2) is 64.0 Å². The molecule has 0 spiro atoms. The Labute approximate surface area is 165 Å². The Kier molecular flexibility index (Phi) is 4.57. The maximum atomic E-state index is 12.9. The molecular formula is C21H18ClN3O3. The van der Waals surface area contributed by atoms with Gasteiger partial charge in [-0.3, -0.25) is 14.3 Å². The highest BCUT2D eigenvalue weighted by Gasteiger charge is 2.19. The summed E-state index contributed by atoms with van der Waals surface area (Å²) in [5.74, 6) is -0.298. The molecule has 0 atom stereocenters. The van der Waals surface area contributed by atoms with Crippen LogP contribution in [0.25, 0.3) is 16.7 Å². The molecule has 1 amide bonds. The molecule has 0 fully saturated rings. The fourth-order valence-corrected chi connectivity index (χ4v) is 3.43. The lowest BCUT2D eigenvalue weighted by Crippen LogP contribution is -2.23. The van der Waals surface area contributed by atoms with E-state index in [2.05, 4.69) is 5.32 Å². The number of amides is 1. The van der Waals surface area contributed by atoms with Gasteiger partial charge in [0, 0.05) is 23.0 Å². The average Bonchev–Trinajstić information content (AvgIpc) is 3.16. The zero-order valence-corrected chi connectivity index (χ0v) is 16.2. The minimum atomic E-state index is -0.298. The summed E-state index contributed by atoms with van der Waals surface area (Å²) in [7, 11) is 1.78. The van der Waals surface area contributed by atoms with Crippen molar-refractivity contribution in [2.45, 2.75) is 13.3 Å². The van der Waals surface area contributed by atoms with Crippen LogP contribution >= 0.6 is 11.6 Å². The molecule has 0 aliphatic heterocycles. The van der Waals surface area contributed by atoms with Crippen LogP contribution in [-0.2, 0) is 18.3 Å². The summed E-state index contributed by atoms with van der Waals surface area (Å²) in [6.45, 7) is 1.80. The number of rotatable bonds is 4. The molecule has 2 aromatic carbocycles. The number of furan rings is 1. The Morgan fingerprint density at radius 2 is 1.93 bits per heavy atom. The van der Waals surface area contributed by atoms with Crippen molar-refractivity contribution in [2.24, 2.45) is 7.05 Å². The van der Waals surface area contributed by atoms with Gasteiger partial charge in [0.05, 0.1) is 24.1 Å². The van der Waals surface area contributed by atoms with Crippen LogP contribution in [0.2, 0.25) is 5.02 Å². The molecular weight excluding hydrogens is 378 g/mol. The zero-order valence-electron chi connectivity index (χ0n) is 15.4. The van der Waals surface area contributed by atoms with Crippen molar-refractivity contribution in [3.63, 3.8) is 0 Å². The number of hydrogen-bond acceptors (Lipinski definition) is 3. The number of fused-ring (bicyclic) bond motifs is 1. The maximum absolute atomic E-state index is 12.9. The van der Waals surface area contributed by atoms with Crippen molar-refractivity contribution in [3.05, 3.63) is 81.4 Å². The van der Waals surface area contributed by atoms with Crippen LogP contribution in [0, 0.1) is 6.92 Å². The Balaban J connectivity index is 1.63. The quantitative estimate of drug-likeness (QED) is 0.566. The van der Waals surface area contributed by atoms with E-state index in [4.69, 9.17) is 16.0 Å². The van der Waals surface area contributed by atoms with E-state index in [-0.39, 0.29) is 23.6 Å². The first kappa shape index (κ1) is 18.1. The smallest absolute Gasteiger partial charge is 0.295 e. The van der Waals surface area contributed by atoms with Gasteiger partial charge in [-0.15, -0.1) is 0 Å². The predicted molar refractivity (Wildman–Crippen MR) is 109 cm³/mol. The van der Waals surface area contributed by atoms with Crippen LogP contribution in [-0.4, -0.2) is 15.3 Å². The van der Waals surface area contributed by atoms with Gasteiger partial charge in [-0.05, 0) is 37.3 Å². The first-order valence-electron chi connectivity index (χ1n) is 8.75. The van der Waals surface area contributed by atoms with E-state index in [9.17, 15) is 9.59 Å². The molecule has 0 radical (unpaired) electrons. The van der Waals surface area contributed by atoms with Crippen molar-refractivity contribution in [1.29, 1.82) is 0 Å². The molecule has 28 heavy (non-hydrogen) atoms. The molecule has 4 rings (SSSR count). The van der Waals surface area contributed by atoms with E-state index in [0.717, 1.165) is 11.1 Å². The van der Waals surface area contributed by atoms with E-state index >= 15 is 0 Å². The Morgan fingerprint density at radius 1 is 1.18 bits per heavy atom. The molecule has 6 nitrogen and oxygen atoms in total. The number of anilines is 1. The first-order chi connectivity index (χ1) is 13.5. The second-order valence-corrected chi connectivity index (χ2v) is 7.00. The largest absolute Gasteiger partial charge is 0.464 e. The normalized spacial score (nSPS) is 11.1. The predicted octanol–water partition coefficient (Wildman–Crippen LogP) is 4.07. The van der Waals surface area contributed by atoms with Gasteiger partial charge >= 0.3 is 0 Å². The van der Waals surface area contributed by atoms with Gasteiger partial charge in [0.15, 0.2) is 0 Å². The van der Waals surface area contributed by atoms with Gasteiger partial charge in [-0.1, -0.05) is 29.8 Å². The molecule has 142 valence electrons. The Bertz CT molecular complexity index is 1240. The molecule has 0 saturated carbocycles. The molecule has 0 aliphatic carbocycles. The number of hydrogen-bond donors (Lipinski definition) is 1. The molecule has 0 unspecified atom stereocenters. The molecule has 7 heteroatoms. The SMILES string of the molecule is Cc1c(NC(=O)Cc2coc3ccc(Cl)cc23)c(=O)n(-c2ccccc2)n1C. The number of benzene rings is 2. The maximum Gasteiger partial charge on any atom is 0.295 e. The minimum Gasteiger partial charge on any atom is -0.464 e. The van der Waals surface area contributed by atoms with Crippen LogP contribution < -0.4 is 10.9 Å². The highest BCUT2D eigenvalue weighted by atomic mass is 35.5. The number of halogens is 1. The van der Waals surface area contributed by atoms with Crippen LogP contribution in [0.4, 0.5) is 5.69 Å². The number of carbonyl (C=O) groups excluding carboxylic acids is 1. The van der Waals surface area contributed by atoms with Crippen LogP contribution in [0.1, 0.15) is 11.3 Å². The molecule has 2 heterocycles. The van der Waals surface area contributed by atoms with Gasteiger partial charge in [-0.2, -0.15) is 0 Å². The van der Waals surface area contributed by atoms with Crippen molar-refractivity contribution in [1.82, 2.24) is 9.36 Å². The summed E-state index contributed by atoms with van der Waals surface area (Å²) in [5.41, 5.74) is 2.76. The van der Waals surface area contributed by atoms with Crippen LogP contribution in [0.5, 0.6) is 0 Å². The van der Waals surface area contributed by atoms with Gasteiger partial charge in [0.1, 0.15) is 11.3 Å². The lowest BCUT2D eigenvalue weighted by atomic mass is 10.1. The summed E-state index contributed by atoms with van der Waals surface area (Å²) in [5, 5.41) is 4.12. The van der Waals surface area contributed by atoms with E-state index in [1.807, 2.05) is 30.3 Å². The summed E-state index contributed by atoms with van der Waals surface area (Å²) < 4.78 is 8.72. The van der Waals surface area contributed by atoms with Crippen molar-refractivity contribution < 1.29 is 9.21 Å². The van der Waals surface area contributed by atoms with Gasteiger partial charge in [0.2, 0.25) is 5.91 Å². The van der Waals surface area contributed by atoms with E-state index in [1.54, 1.807) is 43.1 Å². The second-order valence-electron chi connectivity index (χ2n) is 6.56. The molecule has 1 N–H and O–H groups in total. The number of aromatic nitrogens is 2.